The summed E-state index contributed by atoms with van der Waals surface area (Å²) < 4.78 is 0. The number of hydrogen-bond acceptors (Lipinski definition) is 1. The van der Waals surface area contributed by atoms with Gasteiger partial charge in [0.2, 0.25) is 0 Å². The molecule has 3 atom stereocenters. The van der Waals surface area contributed by atoms with Gasteiger partial charge in [0, 0.05) is 6.04 Å². The molecule has 1 nitrogen and oxygen atoms in total. The molecule has 0 amide bonds. The minimum absolute atomic E-state index is 0.571. The lowest BCUT2D eigenvalue weighted by atomic mass is 9.95. The molecule has 1 fully saturated rings. The normalized spacial score (nSPS) is 23.6. The zero-order chi connectivity index (χ0) is 13.8. The standard InChI is InChI=1S/C18H29N/c1-5-9-19-18(17-11-14(17)4)16-8-6-7-15(12-16)10-13(2)3/h6-8,12-14,17-19H,5,9-11H2,1-4H3. The van der Waals surface area contributed by atoms with Crippen LogP contribution in [0.25, 0.3) is 0 Å². The Kier molecular flexibility index (Phi) is 5.04. The lowest BCUT2D eigenvalue weighted by molar-refractivity contribution is 0.462. The SMILES string of the molecule is CCCNC(c1cccc(CC(C)C)c1)C1CC1C. The summed E-state index contributed by atoms with van der Waals surface area (Å²) in [6, 6.07) is 9.82. The average molecular weight is 259 g/mol. The van der Waals surface area contributed by atoms with Crippen LogP contribution < -0.4 is 5.32 Å². The third-order valence-corrected chi connectivity index (χ3v) is 4.17. The van der Waals surface area contributed by atoms with Gasteiger partial charge in [-0.25, -0.2) is 0 Å². The summed E-state index contributed by atoms with van der Waals surface area (Å²) in [6.45, 7) is 10.3. The summed E-state index contributed by atoms with van der Waals surface area (Å²) in [5.74, 6) is 2.47. The summed E-state index contributed by atoms with van der Waals surface area (Å²) >= 11 is 0. The van der Waals surface area contributed by atoms with Crippen LogP contribution in [-0.4, -0.2) is 6.54 Å². The molecule has 19 heavy (non-hydrogen) atoms. The van der Waals surface area contributed by atoms with Crippen LogP contribution in [-0.2, 0) is 6.42 Å². The van der Waals surface area contributed by atoms with Crippen LogP contribution in [0.4, 0.5) is 0 Å². The highest BCUT2D eigenvalue weighted by Gasteiger charge is 2.39. The van der Waals surface area contributed by atoms with Crippen LogP contribution in [0.15, 0.2) is 24.3 Å². The Morgan fingerprint density at radius 3 is 2.63 bits per heavy atom. The van der Waals surface area contributed by atoms with E-state index in [0.29, 0.717) is 6.04 Å². The maximum Gasteiger partial charge on any atom is 0.0351 e. The van der Waals surface area contributed by atoms with E-state index < -0.39 is 0 Å². The molecule has 0 bridgehead atoms. The summed E-state index contributed by atoms with van der Waals surface area (Å²) in [5, 5.41) is 3.76. The predicted molar refractivity (Wildman–Crippen MR) is 83.3 cm³/mol. The first-order valence-corrected chi connectivity index (χ1v) is 7.94. The van der Waals surface area contributed by atoms with E-state index in [9.17, 15) is 0 Å². The summed E-state index contributed by atoms with van der Waals surface area (Å²) in [6.07, 6.45) is 3.79. The molecule has 1 aromatic carbocycles. The molecule has 1 aliphatic carbocycles. The zero-order valence-electron chi connectivity index (χ0n) is 12.9. The van der Waals surface area contributed by atoms with E-state index in [2.05, 4.69) is 57.3 Å². The third kappa shape index (κ3) is 4.07. The molecule has 1 aromatic rings. The van der Waals surface area contributed by atoms with E-state index in [1.54, 1.807) is 0 Å². The molecule has 0 aromatic heterocycles. The van der Waals surface area contributed by atoms with Gasteiger partial charge >= 0.3 is 0 Å². The molecule has 0 saturated heterocycles. The lowest BCUT2D eigenvalue weighted by Crippen LogP contribution is -2.24. The third-order valence-electron chi connectivity index (χ3n) is 4.17. The second kappa shape index (κ2) is 6.56. The van der Waals surface area contributed by atoms with Crippen molar-refractivity contribution in [2.45, 2.75) is 53.0 Å². The Morgan fingerprint density at radius 1 is 1.32 bits per heavy atom. The highest BCUT2D eigenvalue weighted by Crippen LogP contribution is 2.47. The van der Waals surface area contributed by atoms with Crippen molar-refractivity contribution in [3.05, 3.63) is 35.4 Å². The van der Waals surface area contributed by atoms with Crippen LogP contribution in [0.5, 0.6) is 0 Å². The largest absolute Gasteiger partial charge is 0.310 e. The Balaban J connectivity index is 2.11. The van der Waals surface area contributed by atoms with Crippen molar-refractivity contribution in [1.29, 1.82) is 0 Å². The lowest BCUT2D eigenvalue weighted by Gasteiger charge is -2.20. The Morgan fingerprint density at radius 2 is 2.05 bits per heavy atom. The van der Waals surface area contributed by atoms with Gasteiger partial charge in [0.25, 0.3) is 0 Å². The summed E-state index contributed by atoms with van der Waals surface area (Å²) in [4.78, 5) is 0. The summed E-state index contributed by atoms with van der Waals surface area (Å²) in [5.41, 5.74) is 2.99. The van der Waals surface area contributed by atoms with Crippen molar-refractivity contribution < 1.29 is 0 Å². The van der Waals surface area contributed by atoms with E-state index in [1.807, 2.05) is 0 Å². The molecule has 3 unspecified atom stereocenters. The van der Waals surface area contributed by atoms with Crippen LogP contribution >= 0.6 is 0 Å². The molecule has 1 heteroatoms. The maximum absolute atomic E-state index is 3.76. The molecular formula is C18H29N. The van der Waals surface area contributed by atoms with Crippen molar-refractivity contribution in [3.63, 3.8) is 0 Å². The minimum atomic E-state index is 0.571. The number of nitrogens with one attached hydrogen (secondary N) is 1. The molecule has 1 N–H and O–H groups in total. The first-order chi connectivity index (χ1) is 9.11. The number of hydrogen-bond donors (Lipinski definition) is 1. The molecule has 0 spiro atoms. The molecule has 1 aliphatic rings. The van der Waals surface area contributed by atoms with Crippen molar-refractivity contribution in [3.8, 4) is 0 Å². The molecule has 106 valence electrons. The van der Waals surface area contributed by atoms with Crippen molar-refractivity contribution in [2.24, 2.45) is 17.8 Å². The molecule has 0 radical (unpaired) electrons. The first kappa shape index (κ1) is 14.6. The van der Waals surface area contributed by atoms with Crippen LogP contribution in [0.3, 0.4) is 0 Å². The smallest absolute Gasteiger partial charge is 0.0351 e. The van der Waals surface area contributed by atoms with E-state index >= 15 is 0 Å². The van der Waals surface area contributed by atoms with Crippen LogP contribution in [0, 0.1) is 17.8 Å². The van der Waals surface area contributed by atoms with Crippen LogP contribution in [0.1, 0.15) is 57.7 Å². The predicted octanol–water partition coefficient (Wildman–Crippen LogP) is 4.58. The molecule has 2 rings (SSSR count). The monoisotopic (exact) mass is 259 g/mol. The van der Waals surface area contributed by atoms with Crippen molar-refractivity contribution >= 4 is 0 Å². The quantitative estimate of drug-likeness (QED) is 0.755. The maximum atomic E-state index is 3.76. The minimum Gasteiger partial charge on any atom is -0.310 e. The second-order valence-electron chi connectivity index (χ2n) is 6.65. The van der Waals surface area contributed by atoms with Gasteiger partial charge in [-0.3, -0.25) is 0 Å². The number of benzene rings is 1. The summed E-state index contributed by atoms with van der Waals surface area (Å²) in [7, 11) is 0. The fraction of sp³-hybridized carbons (Fsp3) is 0.667. The van der Waals surface area contributed by atoms with Gasteiger partial charge in [-0.1, -0.05) is 52.0 Å². The molecule has 1 saturated carbocycles. The van der Waals surface area contributed by atoms with Gasteiger partial charge in [0.1, 0.15) is 0 Å². The number of rotatable bonds is 7. The Labute approximate surface area is 118 Å². The highest BCUT2D eigenvalue weighted by atomic mass is 14.9. The topological polar surface area (TPSA) is 12.0 Å². The van der Waals surface area contributed by atoms with E-state index in [0.717, 1.165) is 24.3 Å². The van der Waals surface area contributed by atoms with Gasteiger partial charge in [-0.2, -0.15) is 0 Å². The van der Waals surface area contributed by atoms with E-state index in [4.69, 9.17) is 0 Å². The second-order valence-corrected chi connectivity index (χ2v) is 6.65. The Hall–Kier alpha value is -0.820. The van der Waals surface area contributed by atoms with Gasteiger partial charge in [0.05, 0.1) is 0 Å². The van der Waals surface area contributed by atoms with Crippen LogP contribution in [0.2, 0.25) is 0 Å². The van der Waals surface area contributed by atoms with Gasteiger partial charge in [-0.05, 0) is 54.7 Å². The molecule has 0 heterocycles. The van der Waals surface area contributed by atoms with E-state index in [-0.39, 0.29) is 0 Å². The van der Waals surface area contributed by atoms with E-state index in [1.165, 1.54) is 30.4 Å². The first-order valence-electron chi connectivity index (χ1n) is 7.94. The average Bonchev–Trinajstić information content (AvgIpc) is 3.06. The molecular weight excluding hydrogens is 230 g/mol. The fourth-order valence-electron chi connectivity index (χ4n) is 3.02. The van der Waals surface area contributed by atoms with Crippen molar-refractivity contribution in [1.82, 2.24) is 5.32 Å². The van der Waals surface area contributed by atoms with Gasteiger partial charge < -0.3 is 5.32 Å². The Bertz CT molecular complexity index is 396. The highest BCUT2D eigenvalue weighted by molar-refractivity contribution is 5.28. The van der Waals surface area contributed by atoms with Gasteiger partial charge in [-0.15, -0.1) is 0 Å². The van der Waals surface area contributed by atoms with Crippen molar-refractivity contribution in [2.75, 3.05) is 6.54 Å². The fourth-order valence-corrected chi connectivity index (χ4v) is 3.02. The molecule has 0 aliphatic heterocycles. The van der Waals surface area contributed by atoms with Gasteiger partial charge in [0.15, 0.2) is 0 Å². The zero-order valence-corrected chi connectivity index (χ0v) is 12.9.